The minimum absolute atomic E-state index is 0.234. The number of hydrogen-bond donors (Lipinski definition) is 2. The predicted molar refractivity (Wildman–Crippen MR) is 45.8 cm³/mol. The van der Waals surface area contributed by atoms with Crippen LogP contribution in [-0.4, -0.2) is 10.9 Å². The summed E-state index contributed by atoms with van der Waals surface area (Å²) in [5, 5.41) is 1.80. The van der Waals surface area contributed by atoms with Crippen molar-refractivity contribution in [3.8, 4) is 0 Å². The maximum absolute atomic E-state index is 10.7. The van der Waals surface area contributed by atoms with E-state index < -0.39 is 0 Å². The van der Waals surface area contributed by atoms with Crippen molar-refractivity contribution in [1.29, 1.82) is 0 Å². The van der Waals surface area contributed by atoms with Gasteiger partial charge in [0, 0.05) is 5.38 Å². The summed E-state index contributed by atoms with van der Waals surface area (Å²) in [6.45, 7) is 0. The second kappa shape index (κ2) is 3.80. The highest BCUT2D eigenvalue weighted by Crippen LogP contribution is 2.15. The standard InChI is InChI=1S/C5H6BrN3OS/c6-5-8-3(2-11-5)1-4(10)9-7/h2H,1,7H2,(H,9,10). The van der Waals surface area contributed by atoms with Crippen LogP contribution in [0.4, 0.5) is 0 Å². The van der Waals surface area contributed by atoms with E-state index >= 15 is 0 Å². The summed E-state index contributed by atoms with van der Waals surface area (Å²) in [5.41, 5.74) is 2.76. The highest BCUT2D eigenvalue weighted by atomic mass is 79.9. The van der Waals surface area contributed by atoms with Crippen LogP contribution in [0.5, 0.6) is 0 Å². The third-order valence-corrected chi connectivity index (χ3v) is 2.44. The summed E-state index contributed by atoms with van der Waals surface area (Å²) in [7, 11) is 0. The summed E-state index contributed by atoms with van der Waals surface area (Å²) >= 11 is 4.63. The molecule has 60 valence electrons. The van der Waals surface area contributed by atoms with E-state index in [2.05, 4.69) is 20.9 Å². The fraction of sp³-hybridized carbons (Fsp3) is 0.200. The average molecular weight is 236 g/mol. The molecule has 0 saturated carbocycles. The summed E-state index contributed by atoms with van der Waals surface area (Å²) in [4.78, 5) is 14.7. The van der Waals surface area contributed by atoms with Crippen molar-refractivity contribution in [2.75, 3.05) is 0 Å². The number of thiazole rings is 1. The van der Waals surface area contributed by atoms with Crippen molar-refractivity contribution in [3.63, 3.8) is 0 Å². The molecule has 0 aliphatic heterocycles. The summed E-state index contributed by atoms with van der Waals surface area (Å²) in [6, 6.07) is 0. The van der Waals surface area contributed by atoms with E-state index in [-0.39, 0.29) is 12.3 Å². The van der Waals surface area contributed by atoms with Crippen LogP contribution < -0.4 is 11.3 Å². The molecule has 0 atom stereocenters. The number of carbonyl (C=O) groups excluding carboxylic acids is 1. The third kappa shape index (κ3) is 2.57. The number of nitrogens with one attached hydrogen (secondary N) is 1. The summed E-state index contributed by atoms with van der Waals surface area (Å²) in [5.74, 6) is 4.66. The molecule has 1 amide bonds. The molecule has 0 unspecified atom stereocenters. The van der Waals surface area contributed by atoms with Gasteiger partial charge in [-0.15, -0.1) is 11.3 Å². The topological polar surface area (TPSA) is 68.0 Å². The second-order valence-electron chi connectivity index (χ2n) is 1.84. The molecule has 1 aromatic heterocycles. The van der Waals surface area contributed by atoms with Gasteiger partial charge in [-0.2, -0.15) is 0 Å². The molecule has 1 rings (SSSR count). The molecule has 0 saturated heterocycles. The molecule has 0 spiro atoms. The number of rotatable bonds is 2. The fourth-order valence-electron chi connectivity index (χ4n) is 0.579. The van der Waals surface area contributed by atoms with E-state index in [4.69, 9.17) is 5.84 Å². The Morgan fingerprint density at radius 1 is 1.91 bits per heavy atom. The summed E-state index contributed by atoms with van der Waals surface area (Å²) in [6.07, 6.45) is 0.235. The quantitative estimate of drug-likeness (QED) is 0.444. The first-order valence-corrected chi connectivity index (χ1v) is 4.49. The number of hydrogen-bond acceptors (Lipinski definition) is 4. The van der Waals surface area contributed by atoms with Gasteiger partial charge >= 0.3 is 0 Å². The highest BCUT2D eigenvalue weighted by Gasteiger charge is 2.03. The molecule has 0 bridgehead atoms. The van der Waals surface area contributed by atoms with Crippen LogP contribution in [0.3, 0.4) is 0 Å². The Morgan fingerprint density at radius 3 is 3.09 bits per heavy atom. The first kappa shape index (κ1) is 8.63. The van der Waals surface area contributed by atoms with Gasteiger partial charge in [-0.1, -0.05) is 0 Å². The second-order valence-corrected chi connectivity index (χ2v) is 3.97. The Morgan fingerprint density at radius 2 is 2.64 bits per heavy atom. The summed E-state index contributed by atoms with van der Waals surface area (Å²) < 4.78 is 0.775. The van der Waals surface area contributed by atoms with Crippen LogP contribution in [0.1, 0.15) is 5.69 Å². The molecule has 0 radical (unpaired) electrons. The van der Waals surface area contributed by atoms with Gasteiger partial charge in [0.1, 0.15) is 0 Å². The van der Waals surface area contributed by atoms with Gasteiger partial charge in [-0.3, -0.25) is 10.2 Å². The van der Waals surface area contributed by atoms with Gasteiger partial charge in [0.25, 0.3) is 0 Å². The molecule has 1 heterocycles. The Kier molecular flexibility index (Phi) is 2.98. The Balaban J connectivity index is 2.57. The zero-order valence-electron chi connectivity index (χ0n) is 5.50. The van der Waals surface area contributed by atoms with Crippen LogP contribution in [0, 0.1) is 0 Å². The van der Waals surface area contributed by atoms with Crippen molar-refractivity contribution >= 4 is 33.2 Å². The highest BCUT2D eigenvalue weighted by molar-refractivity contribution is 9.11. The molecule has 11 heavy (non-hydrogen) atoms. The minimum Gasteiger partial charge on any atom is -0.294 e. The van der Waals surface area contributed by atoms with Gasteiger partial charge in [-0.05, 0) is 15.9 Å². The molecule has 0 aliphatic rings. The lowest BCUT2D eigenvalue weighted by Crippen LogP contribution is -2.31. The van der Waals surface area contributed by atoms with Crippen LogP contribution in [-0.2, 0) is 11.2 Å². The third-order valence-electron chi connectivity index (χ3n) is 1.03. The van der Waals surface area contributed by atoms with Gasteiger partial charge in [-0.25, -0.2) is 10.8 Å². The number of nitrogens with zero attached hydrogens (tertiary/aromatic N) is 1. The number of amides is 1. The lowest BCUT2D eigenvalue weighted by Gasteiger charge is -1.93. The molecule has 0 aromatic carbocycles. The van der Waals surface area contributed by atoms with Crippen molar-refractivity contribution in [1.82, 2.24) is 10.4 Å². The van der Waals surface area contributed by atoms with E-state index in [1.54, 1.807) is 5.38 Å². The number of halogens is 1. The Hall–Kier alpha value is -0.460. The molecule has 3 N–H and O–H groups in total. The maximum Gasteiger partial charge on any atom is 0.239 e. The maximum atomic E-state index is 10.7. The molecule has 0 fully saturated rings. The first-order chi connectivity index (χ1) is 5.22. The lowest BCUT2D eigenvalue weighted by molar-refractivity contribution is -0.120. The molecule has 0 aliphatic carbocycles. The zero-order chi connectivity index (χ0) is 8.27. The number of hydrazine groups is 1. The molecule has 6 heteroatoms. The number of nitrogens with two attached hydrogens (primary N) is 1. The monoisotopic (exact) mass is 235 g/mol. The van der Waals surface area contributed by atoms with Gasteiger partial charge < -0.3 is 0 Å². The van der Waals surface area contributed by atoms with E-state index in [9.17, 15) is 4.79 Å². The van der Waals surface area contributed by atoms with Crippen LogP contribution in [0.15, 0.2) is 9.30 Å². The van der Waals surface area contributed by atoms with Gasteiger partial charge in [0.05, 0.1) is 12.1 Å². The Labute approximate surface area is 75.9 Å². The minimum atomic E-state index is -0.234. The van der Waals surface area contributed by atoms with Crippen LogP contribution in [0.25, 0.3) is 0 Å². The fourth-order valence-corrected chi connectivity index (χ4v) is 1.63. The predicted octanol–water partition coefficient (Wildman–Crippen LogP) is 0.438. The molecule has 4 nitrogen and oxygen atoms in total. The Bertz CT molecular complexity index is 262. The zero-order valence-corrected chi connectivity index (χ0v) is 7.91. The number of aromatic nitrogens is 1. The van der Waals surface area contributed by atoms with Crippen molar-refractivity contribution in [2.45, 2.75) is 6.42 Å². The normalized spacial score (nSPS) is 9.64. The van der Waals surface area contributed by atoms with Crippen molar-refractivity contribution in [3.05, 3.63) is 15.0 Å². The van der Waals surface area contributed by atoms with E-state index in [1.807, 2.05) is 5.43 Å². The lowest BCUT2D eigenvalue weighted by atomic mass is 10.3. The first-order valence-electron chi connectivity index (χ1n) is 2.81. The van der Waals surface area contributed by atoms with Crippen LogP contribution in [0.2, 0.25) is 0 Å². The largest absolute Gasteiger partial charge is 0.294 e. The van der Waals surface area contributed by atoms with Crippen molar-refractivity contribution in [2.24, 2.45) is 5.84 Å². The molecular weight excluding hydrogens is 230 g/mol. The SMILES string of the molecule is NNC(=O)Cc1csc(Br)n1. The molecule has 1 aromatic rings. The van der Waals surface area contributed by atoms with Gasteiger partial charge in [0.2, 0.25) is 5.91 Å². The number of carbonyl (C=O) groups is 1. The van der Waals surface area contributed by atoms with Crippen LogP contribution >= 0.6 is 27.3 Å². The van der Waals surface area contributed by atoms with Gasteiger partial charge in [0.15, 0.2) is 3.92 Å². The molecular formula is C5H6BrN3OS. The average Bonchev–Trinajstić information content (AvgIpc) is 2.35. The van der Waals surface area contributed by atoms with E-state index in [1.165, 1.54) is 11.3 Å². The van der Waals surface area contributed by atoms with Crippen molar-refractivity contribution < 1.29 is 4.79 Å². The van der Waals surface area contributed by atoms with E-state index in [0.29, 0.717) is 0 Å². The van der Waals surface area contributed by atoms with E-state index in [0.717, 1.165) is 9.61 Å². The smallest absolute Gasteiger partial charge is 0.239 e.